The number of allylic oxidation sites excluding steroid dienone is 4. The molecule has 0 radical (unpaired) electrons. The molecule has 0 spiro atoms. The fourth-order valence-electron chi connectivity index (χ4n) is 6.88. The highest BCUT2D eigenvalue weighted by molar-refractivity contribution is 7.86. The first-order valence-corrected chi connectivity index (χ1v) is 18.6. The van der Waals surface area contributed by atoms with E-state index in [0.717, 1.165) is 33.9 Å². The summed E-state index contributed by atoms with van der Waals surface area (Å²) in [6, 6.07) is 9.28. The third-order valence-corrected chi connectivity index (χ3v) is 11.0. The molecule has 2 aliphatic heterocycles. The molecule has 1 atom stereocenters. The van der Waals surface area contributed by atoms with E-state index in [2.05, 4.69) is 16.4 Å². The van der Waals surface area contributed by atoms with E-state index < -0.39 is 37.0 Å². The number of methoxy groups -OCH3 is 1. The molecule has 0 bridgehead atoms. The topological polar surface area (TPSA) is 162 Å². The standard InChI is InChI=1S/C34H44N2O9S2/c1-6-35-29-18-16-25(47(42,43)44)23-27(29)34(4,19-11-21-45-5)31(35)13-10-12-30-33(2,3)26-22-24(46(39,40)41)15-17-28(26)36(30)20-9-7-8-14-32(37)38/h10,12-13,15-18,22-23H,6-9,11,14,19-21H2,1-5H3,(H2-,37,38,39,40,41,42,43,44)/p+1. The lowest BCUT2D eigenvalue weighted by atomic mass is 9.77. The normalized spacial score (nSPS) is 20.0. The molecule has 4 rings (SSSR count). The number of ether oxygens (including phenoxy) is 1. The van der Waals surface area contributed by atoms with Gasteiger partial charge in [-0.3, -0.25) is 13.9 Å². The van der Waals surface area contributed by atoms with Crippen LogP contribution >= 0.6 is 0 Å². The maximum absolute atomic E-state index is 12.1. The third kappa shape index (κ3) is 7.54. The second-order valence-corrected chi connectivity index (χ2v) is 15.6. The number of hydrogen-bond acceptors (Lipinski definition) is 7. The molecular weight excluding hydrogens is 645 g/mol. The molecule has 2 aromatic rings. The maximum atomic E-state index is 12.1. The Hall–Kier alpha value is -3.36. The summed E-state index contributed by atoms with van der Waals surface area (Å²) >= 11 is 0. The highest BCUT2D eigenvalue weighted by atomic mass is 32.2. The van der Waals surface area contributed by atoms with Crippen LogP contribution in [0.25, 0.3) is 0 Å². The smallest absolute Gasteiger partial charge is 0.303 e. The van der Waals surface area contributed by atoms with Crippen LogP contribution in [0, 0.1) is 0 Å². The highest BCUT2D eigenvalue weighted by Gasteiger charge is 2.46. The Morgan fingerprint density at radius 2 is 1.57 bits per heavy atom. The Morgan fingerprint density at radius 3 is 2.17 bits per heavy atom. The van der Waals surface area contributed by atoms with Gasteiger partial charge in [0.15, 0.2) is 5.71 Å². The lowest BCUT2D eigenvalue weighted by Crippen LogP contribution is -2.29. The highest BCUT2D eigenvalue weighted by Crippen LogP contribution is 2.51. The summed E-state index contributed by atoms with van der Waals surface area (Å²) in [6.45, 7) is 9.79. The Kier molecular flexibility index (Phi) is 10.9. The number of carboxylic acids is 1. The minimum absolute atomic E-state index is 0.0923. The quantitative estimate of drug-likeness (QED) is 0.117. The number of unbranched alkanes of at least 4 members (excludes halogenated alkanes) is 2. The van der Waals surface area contributed by atoms with Gasteiger partial charge >= 0.3 is 5.97 Å². The van der Waals surface area contributed by atoms with Crippen molar-refractivity contribution in [1.82, 2.24) is 0 Å². The number of carboxylic acid groups (broad SMARTS) is 1. The number of benzene rings is 2. The molecule has 47 heavy (non-hydrogen) atoms. The summed E-state index contributed by atoms with van der Waals surface area (Å²) < 4.78 is 75.2. The zero-order chi connectivity index (χ0) is 34.8. The number of nitrogens with zero attached hydrogens (tertiary/aromatic N) is 2. The molecule has 0 aliphatic carbocycles. The fourth-order valence-corrected chi connectivity index (χ4v) is 7.89. The Morgan fingerprint density at radius 1 is 0.936 bits per heavy atom. The van der Waals surface area contributed by atoms with Crippen molar-refractivity contribution < 1.29 is 45.2 Å². The summed E-state index contributed by atoms with van der Waals surface area (Å²) in [4.78, 5) is 12.8. The average Bonchev–Trinajstić information content (AvgIpc) is 3.35. The van der Waals surface area contributed by atoms with Crippen LogP contribution in [0.4, 0.5) is 11.4 Å². The van der Waals surface area contributed by atoms with Crippen LogP contribution in [0.5, 0.6) is 0 Å². The molecule has 2 heterocycles. The van der Waals surface area contributed by atoms with Gasteiger partial charge in [-0.05, 0) is 95.3 Å². The van der Waals surface area contributed by atoms with Gasteiger partial charge in [0, 0.05) is 67.6 Å². The molecule has 0 fully saturated rings. The summed E-state index contributed by atoms with van der Waals surface area (Å²) in [6.07, 6.45) is 9.40. The van der Waals surface area contributed by atoms with Crippen LogP contribution in [-0.2, 0) is 40.6 Å². The van der Waals surface area contributed by atoms with Crippen molar-refractivity contribution in [3.05, 3.63) is 71.5 Å². The molecule has 13 heteroatoms. The van der Waals surface area contributed by atoms with Crippen molar-refractivity contribution in [3.8, 4) is 0 Å². The van der Waals surface area contributed by atoms with Gasteiger partial charge in [-0.15, -0.1) is 0 Å². The average molecular weight is 690 g/mol. The van der Waals surface area contributed by atoms with E-state index in [-0.39, 0.29) is 16.2 Å². The summed E-state index contributed by atoms with van der Waals surface area (Å²) in [5.41, 5.74) is 3.85. The van der Waals surface area contributed by atoms with Crippen LogP contribution in [0.1, 0.15) is 77.3 Å². The van der Waals surface area contributed by atoms with E-state index in [9.17, 15) is 30.7 Å². The second kappa shape index (κ2) is 14.0. The zero-order valence-corrected chi connectivity index (χ0v) is 29.2. The van der Waals surface area contributed by atoms with Crippen LogP contribution in [0.3, 0.4) is 0 Å². The van der Waals surface area contributed by atoms with Crippen molar-refractivity contribution in [2.75, 3.05) is 31.7 Å². The number of rotatable bonds is 15. The Bertz CT molecular complexity index is 1840. The number of hydrogen-bond donors (Lipinski definition) is 3. The largest absolute Gasteiger partial charge is 0.481 e. The predicted molar refractivity (Wildman–Crippen MR) is 180 cm³/mol. The number of likely N-dealkylation sites (N-methyl/N-ethyl adjacent to an activating group) is 1. The first kappa shape index (κ1) is 36.5. The summed E-state index contributed by atoms with van der Waals surface area (Å²) in [5.74, 6) is -0.836. The predicted octanol–water partition coefficient (Wildman–Crippen LogP) is 5.87. The first-order chi connectivity index (χ1) is 22.0. The van der Waals surface area contributed by atoms with Crippen molar-refractivity contribution in [2.45, 2.75) is 86.8 Å². The first-order valence-electron chi connectivity index (χ1n) is 15.7. The van der Waals surface area contributed by atoms with E-state index >= 15 is 0 Å². The van der Waals surface area contributed by atoms with Crippen LogP contribution in [-0.4, -0.2) is 74.1 Å². The molecule has 1 unspecified atom stereocenters. The molecule has 0 saturated carbocycles. The van der Waals surface area contributed by atoms with E-state index in [0.29, 0.717) is 51.8 Å². The van der Waals surface area contributed by atoms with Crippen molar-refractivity contribution in [1.29, 1.82) is 0 Å². The molecule has 2 aromatic carbocycles. The number of aliphatic carboxylic acids is 1. The molecule has 2 aliphatic rings. The molecule has 0 aromatic heterocycles. The summed E-state index contributed by atoms with van der Waals surface area (Å²) in [5, 5.41) is 9.04. The van der Waals surface area contributed by atoms with Gasteiger partial charge < -0.3 is 14.7 Å². The van der Waals surface area contributed by atoms with Crippen LogP contribution in [0.15, 0.2) is 70.1 Å². The minimum atomic E-state index is -4.42. The molecular formula is C34H45N2O9S2+. The summed E-state index contributed by atoms with van der Waals surface area (Å²) in [7, 11) is -7.20. The van der Waals surface area contributed by atoms with Crippen LogP contribution < -0.4 is 4.90 Å². The lowest BCUT2D eigenvalue weighted by molar-refractivity contribution is -0.438. The molecule has 0 amide bonds. The Labute approximate surface area is 277 Å². The van der Waals surface area contributed by atoms with Crippen molar-refractivity contribution >= 4 is 43.3 Å². The SMILES string of the molecule is CCN1C(=CC=CC2=[N+](CCCCCC(=O)O)c3ccc(S(=O)(=O)O)cc3C2(C)C)C(C)(CCCOC)c2cc(S(=O)(=O)O)ccc21. The van der Waals surface area contributed by atoms with Crippen molar-refractivity contribution in [3.63, 3.8) is 0 Å². The van der Waals surface area contributed by atoms with Gasteiger partial charge in [-0.1, -0.05) is 6.08 Å². The fraction of sp³-hybridized carbons (Fsp3) is 0.471. The van der Waals surface area contributed by atoms with Gasteiger partial charge in [0.1, 0.15) is 6.54 Å². The molecule has 256 valence electrons. The zero-order valence-electron chi connectivity index (χ0n) is 27.6. The van der Waals surface area contributed by atoms with Crippen molar-refractivity contribution in [2.24, 2.45) is 0 Å². The molecule has 0 saturated heterocycles. The van der Waals surface area contributed by atoms with E-state index in [1.807, 2.05) is 39.0 Å². The van der Waals surface area contributed by atoms with Gasteiger partial charge in [0.25, 0.3) is 20.2 Å². The van der Waals surface area contributed by atoms with Gasteiger partial charge in [-0.2, -0.15) is 21.4 Å². The monoisotopic (exact) mass is 689 g/mol. The number of fused-ring (bicyclic) bond motifs is 2. The Balaban J connectivity index is 1.80. The molecule has 3 N–H and O–H groups in total. The number of anilines is 1. The second-order valence-electron chi connectivity index (χ2n) is 12.8. The van der Waals surface area contributed by atoms with E-state index in [1.165, 1.54) is 18.2 Å². The third-order valence-electron chi connectivity index (χ3n) is 9.29. The maximum Gasteiger partial charge on any atom is 0.303 e. The van der Waals surface area contributed by atoms with E-state index in [4.69, 9.17) is 9.84 Å². The number of carbonyl (C=O) groups is 1. The van der Waals surface area contributed by atoms with Gasteiger partial charge in [0.05, 0.1) is 15.2 Å². The molecule has 11 nitrogen and oxygen atoms in total. The van der Waals surface area contributed by atoms with E-state index in [1.54, 1.807) is 25.3 Å². The minimum Gasteiger partial charge on any atom is -0.481 e. The van der Waals surface area contributed by atoms with Gasteiger partial charge in [-0.25, -0.2) is 0 Å². The lowest BCUT2D eigenvalue weighted by Gasteiger charge is -2.30. The van der Waals surface area contributed by atoms with Gasteiger partial charge in [0.2, 0.25) is 5.69 Å². The van der Waals surface area contributed by atoms with Crippen LogP contribution in [0.2, 0.25) is 0 Å².